The molecule has 1 fully saturated rings. The molecule has 0 spiro atoms. The highest BCUT2D eigenvalue weighted by molar-refractivity contribution is 6.30. The fraction of sp³-hybridized carbons (Fsp3) is 0.294. The van der Waals surface area contributed by atoms with E-state index >= 15 is 0 Å². The van der Waals surface area contributed by atoms with Gasteiger partial charge in [-0.2, -0.15) is 0 Å². The molecule has 104 valence electrons. The number of nitrogens with one attached hydrogen (secondary N) is 1. The van der Waals surface area contributed by atoms with Crippen molar-refractivity contribution >= 4 is 11.6 Å². The van der Waals surface area contributed by atoms with Crippen LogP contribution in [-0.4, -0.2) is 7.05 Å². The van der Waals surface area contributed by atoms with Crippen LogP contribution in [0.15, 0.2) is 48.5 Å². The van der Waals surface area contributed by atoms with Crippen molar-refractivity contribution in [1.82, 2.24) is 5.32 Å². The van der Waals surface area contributed by atoms with Gasteiger partial charge in [-0.05, 0) is 36.9 Å². The Bertz CT molecular complexity index is 599. The third kappa shape index (κ3) is 2.46. The van der Waals surface area contributed by atoms with Gasteiger partial charge in [0.1, 0.15) is 5.82 Å². The van der Waals surface area contributed by atoms with Crippen molar-refractivity contribution in [2.75, 3.05) is 7.05 Å². The van der Waals surface area contributed by atoms with Crippen LogP contribution in [0.4, 0.5) is 4.39 Å². The third-order valence-electron chi connectivity index (χ3n) is 4.12. The molecule has 0 heterocycles. The number of halogens is 2. The number of hydrogen-bond acceptors (Lipinski definition) is 1. The summed E-state index contributed by atoms with van der Waals surface area (Å²) in [6, 6.07) is 15.7. The molecule has 20 heavy (non-hydrogen) atoms. The first-order valence-corrected chi connectivity index (χ1v) is 7.26. The molecular weight excluding hydrogens is 273 g/mol. The van der Waals surface area contributed by atoms with Crippen molar-refractivity contribution in [3.05, 3.63) is 70.5 Å². The number of rotatable bonds is 4. The fourth-order valence-corrected chi connectivity index (χ4v) is 3.21. The summed E-state index contributed by atoms with van der Waals surface area (Å²) in [6.07, 6.45) is 1.08. The van der Waals surface area contributed by atoms with E-state index in [9.17, 15) is 4.39 Å². The van der Waals surface area contributed by atoms with Crippen LogP contribution in [0.2, 0.25) is 5.02 Å². The Morgan fingerprint density at radius 1 is 1.15 bits per heavy atom. The molecule has 1 N–H and O–H groups in total. The van der Waals surface area contributed by atoms with Crippen molar-refractivity contribution in [2.24, 2.45) is 5.92 Å². The molecule has 2 aromatic carbocycles. The summed E-state index contributed by atoms with van der Waals surface area (Å²) in [5.74, 6) is 0.634. The van der Waals surface area contributed by atoms with E-state index in [0.717, 1.165) is 6.42 Å². The predicted octanol–water partition coefficient (Wildman–Crippen LogP) is 4.54. The lowest BCUT2D eigenvalue weighted by Crippen LogP contribution is -2.20. The minimum Gasteiger partial charge on any atom is -0.313 e. The zero-order valence-corrected chi connectivity index (χ0v) is 12.1. The summed E-state index contributed by atoms with van der Waals surface area (Å²) in [6.45, 7) is 0. The molecular formula is C17H17ClFN. The Balaban J connectivity index is 1.84. The van der Waals surface area contributed by atoms with Crippen molar-refractivity contribution in [1.29, 1.82) is 0 Å². The molecule has 3 unspecified atom stereocenters. The first-order chi connectivity index (χ1) is 9.72. The van der Waals surface area contributed by atoms with Crippen molar-refractivity contribution in [3.8, 4) is 0 Å². The topological polar surface area (TPSA) is 12.0 Å². The fourth-order valence-electron chi connectivity index (χ4n) is 3.03. The molecule has 0 aromatic heterocycles. The van der Waals surface area contributed by atoms with E-state index in [-0.39, 0.29) is 16.9 Å². The summed E-state index contributed by atoms with van der Waals surface area (Å²) in [4.78, 5) is 0. The van der Waals surface area contributed by atoms with Gasteiger partial charge in [0.2, 0.25) is 0 Å². The smallest absolute Gasteiger partial charge is 0.146 e. The molecule has 2 aromatic rings. The highest BCUT2D eigenvalue weighted by Gasteiger charge is 2.44. The van der Waals surface area contributed by atoms with Crippen molar-refractivity contribution in [2.45, 2.75) is 18.4 Å². The zero-order valence-electron chi connectivity index (χ0n) is 11.3. The molecule has 0 saturated heterocycles. The van der Waals surface area contributed by atoms with Crippen LogP contribution in [0.25, 0.3) is 0 Å². The highest BCUT2D eigenvalue weighted by Crippen LogP contribution is 2.54. The molecule has 1 aliphatic carbocycles. The average molecular weight is 290 g/mol. The van der Waals surface area contributed by atoms with Crippen LogP contribution in [0.3, 0.4) is 0 Å². The molecule has 3 rings (SSSR count). The minimum absolute atomic E-state index is 0.0129. The van der Waals surface area contributed by atoms with E-state index in [2.05, 4.69) is 29.6 Å². The van der Waals surface area contributed by atoms with Crippen LogP contribution in [0.5, 0.6) is 0 Å². The molecule has 3 atom stereocenters. The summed E-state index contributed by atoms with van der Waals surface area (Å²) in [7, 11) is 1.88. The summed E-state index contributed by atoms with van der Waals surface area (Å²) >= 11 is 5.89. The predicted molar refractivity (Wildman–Crippen MR) is 80.5 cm³/mol. The van der Waals surface area contributed by atoms with Gasteiger partial charge in [0.25, 0.3) is 0 Å². The number of hydrogen-bond donors (Lipinski definition) is 1. The van der Waals surface area contributed by atoms with Gasteiger partial charge in [-0.1, -0.05) is 54.1 Å². The molecule has 0 radical (unpaired) electrons. The van der Waals surface area contributed by atoms with Crippen LogP contribution in [0.1, 0.15) is 29.5 Å². The maximum atomic E-state index is 14.2. The van der Waals surface area contributed by atoms with E-state index in [4.69, 9.17) is 11.6 Å². The van der Waals surface area contributed by atoms with Gasteiger partial charge in [-0.3, -0.25) is 0 Å². The Labute approximate surface area is 123 Å². The van der Waals surface area contributed by atoms with E-state index < -0.39 is 0 Å². The lowest BCUT2D eigenvalue weighted by atomic mass is 9.98. The van der Waals surface area contributed by atoms with Crippen LogP contribution < -0.4 is 5.32 Å². The molecule has 1 aliphatic rings. The van der Waals surface area contributed by atoms with Gasteiger partial charge in [0.05, 0.1) is 5.02 Å². The standard InChI is InChI=1S/C17H17ClFN/c1-20-17(12-8-5-9-15(18)16(12)19)14-10-13(14)11-6-3-2-4-7-11/h2-9,13-14,17,20H,10H2,1H3. The normalized spacial score (nSPS) is 22.6. The zero-order chi connectivity index (χ0) is 14.1. The molecule has 3 heteroatoms. The quantitative estimate of drug-likeness (QED) is 0.871. The molecule has 0 aliphatic heterocycles. The lowest BCUT2D eigenvalue weighted by molar-refractivity contribution is 0.485. The summed E-state index contributed by atoms with van der Waals surface area (Å²) in [5, 5.41) is 3.44. The third-order valence-corrected chi connectivity index (χ3v) is 4.42. The second-order valence-electron chi connectivity index (χ2n) is 5.33. The molecule has 0 amide bonds. The van der Waals surface area contributed by atoms with E-state index in [1.54, 1.807) is 6.07 Å². The van der Waals surface area contributed by atoms with Gasteiger partial charge in [-0.25, -0.2) is 4.39 Å². The maximum absolute atomic E-state index is 14.2. The first-order valence-electron chi connectivity index (χ1n) is 6.88. The molecule has 0 bridgehead atoms. The van der Waals surface area contributed by atoms with E-state index in [0.29, 0.717) is 17.4 Å². The Morgan fingerprint density at radius 2 is 1.90 bits per heavy atom. The monoisotopic (exact) mass is 289 g/mol. The van der Waals surface area contributed by atoms with Gasteiger partial charge in [0, 0.05) is 11.6 Å². The van der Waals surface area contributed by atoms with Crippen LogP contribution in [0, 0.1) is 11.7 Å². The van der Waals surface area contributed by atoms with Gasteiger partial charge >= 0.3 is 0 Å². The Morgan fingerprint density at radius 3 is 2.60 bits per heavy atom. The van der Waals surface area contributed by atoms with Crippen LogP contribution in [-0.2, 0) is 0 Å². The SMILES string of the molecule is CNC(c1cccc(Cl)c1F)C1CC1c1ccccc1. The summed E-state index contributed by atoms with van der Waals surface area (Å²) in [5.41, 5.74) is 2.00. The second kappa shape index (κ2) is 5.55. The second-order valence-corrected chi connectivity index (χ2v) is 5.73. The first kappa shape index (κ1) is 13.6. The molecule has 1 nitrogen and oxygen atoms in total. The van der Waals surface area contributed by atoms with Crippen molar-refractivity contribution < 1.29 is 4.39 Å². The largest absolute Gasteiger partial charge is 0.313 e. The van der Waals surface area contributed by atoms with Gasteiger partial charge < -0.3 is 5.32 Å². The van der Waals surface area contributed by atoms with Gasteiger partial charge in [-0.15, -0.1) is 0 Å². The van der Waals surface area contributed by atoms with Crippen LogP contribution >= 0.6 is 11.6 Å². The Hall–Kier alpha value is -1.38. The Kier molecular flexibility index (Phi) is 3.77. The molecule has 1 saturated carbocycles. The summed E-state index contributed by atoms with van der Waals surface area (Å²) < 4.78 is 14.2. The van der Waals surface area contributed by atoms with Crippen molar-refractivity contribution in [3.63, 3.8) is 0 Å². The number of benzene rings is 2. The highest BCUT2D eigenvalue weighted by atomic mass is 35.5. The van der Waals surface area contributed by atoms with E-state index in [1.807, 2.05) is 25.2 Å². The average Bonchev–Trinajstić information content (AvgIpc) is 3.26. The minimum atomic E-state index is -0.299. The lowest BCUT2D eigenvalue weighted by Gasteiger charge is -2.18. The van der Waals surface area contributed by atoms with E-state index in [1.165, 1.54) is 5.56 Å². The maximum Gasteiger partial charge on any atom is 0.146 e. The van der Waals surface area contributed by atoms with Gasteiger partial charge in [0.15, 0.2) is 0 Å².